The first-order chi connectivity index (χ1) is 19.0. The molecule has 6 rings (SSSR count). The van der Waals surface area contributed by atoms with Crippen LogP contribution in [0.4, 0.5) is 0 Å². The Morgan fingerprint density at radius 3 is 2.08 bits per heavy atom. The number of nitrogens with zero attached hydrogens (tertiary/aromatic N) is 1. The number of benzene rings is 5. The number of allylic oxidation sites excluding steroid dienone is 2. The van der Waals surface area contributed by atoms with E-state index in [0.717, 1.165) is 38.6 Å². The summed E-state index contributed by atoms with van der Waals surface area (Å²) in [5.41, 5.74) is 5.69. The highest BCUT2D eigenvalue weighted by molar-refractivity contribution is 7.89. The second-order valence-corrected chi connectivity index (χ2v) is 11.8. The van der Waals surface area contributed by atoms with Crippen molar-refractivity contribution in [2.24, 2.45) is 0 Å². The van der Waals surface area contributed by atoms with Crippen LogP contribution in [0.5, 0.6) is 0 Å². The Balaban J connectivity index is 1.62. The summed E-state index contributed by atoms with van der Waals surface area (Å²) in [6.45, 7) is 2.25. The number of aryl methyl sites for hydroxylation is 1. The summed E-state index contributed by atoms with van der Waals surface area (Å²) in [6, 6.07) is 41.7. The van der Waals surface area contributed by atoms with E-state index in [1.54, 1.807) is 16.4 Å². The van der Waals surface area contributed by atoms with Gasteiger partial charge in [0.15, 0.2) is 0 Å². The van der Waals surface area contributed by atoms with Gasteiger partial charge in [0.2, 0.25) is 0 Å². The molecule has 39 heavy (non-hydrogen) atoms. The van der Waals surface area contributed by atoms with Crippen molar-refractivity contribution >= 4 is 32.1 Å². The zero-order valence-corrected chi connectivity index (χ0v) is 22.6. The van der Waals surface area contributed by atoms with Crippen LogP contribution in [0.3, 0.4) is 0 Å². The van der Waals surface area contributed by atoms with Crippen molar-refractivity contribution in [2.75, 3.05) is 6.54 Å². The van der Waals surface area contributed by atoms with E-state index in [-0.39, 0.29) is 17.4 Å². The third-order valence-corrected chi connectivity index (χ3v) is 9.11. The van der Waals surface area contributed by atoms with Gasteiger partial charge < -0.3 is 0 Å². The Bertz CT molecular complexity index is 1780. The zero-order chi connectivity index (χ0) is 26.8. The maximum atomic E-state index is 14.5. The van der Waals surface area contributed by atoms with Gasteiger partial charge >= 0.3 is 0 Å². The molecule has 0 saturated carbocycles. The third kappa shape index (κ3) is 4.91. The lowest BCUT2D eigenvalue weighted by atomic mass is 9.94. The van der Waals surface area contributed by atoms with Crippen LogP contribution in [0.2, 0.25) is 0 Å². The molecule has 5 aromatic carbocycles. The predicted molar refractivity (Wildman–Crippen MR) is 161 cm³/mol. The van der Waals surface area contributed by atoms with Crippen LogP contribution in [-0.4, -0.2) is 19.3 Å². The van der Waals surface area contributed by atoms with Crippen molar-refractivity contribution < 1.29 is 8.42 Å². The quantitative estimate of drug-likeness (QED) is 0.232. The summed E-state index contributed by atoms with van der Waals surface area (Å²) in [7, 11) is -3.88. The second kappa shape index (κ2) is 10.4. The monoisotopic (exact) mass is 527 g/mol. The minimum absolute atomic E-state index is 0.148. The maximum absolute atomic E-state index is 14.5. The van der Waals surface area contributed by atoms with Crippen LogP contribution in [0.25, 0.3) is 22.0 Å². The number of fused-ring (bicyclic) bond motifs is 1. The van der Waals surface area contributed by atoms with Gasteiger partial charge in [-0.25, -0.2) is 8.42 Å². The van der Waals surface area contributed by atoms with Crippen LogP contribution in [0.1, 0.15) is 28.2 Å². The molecule has 0 amide bonds. The van der Waals surface area contributed by atoms with Gasteiger partial charge in [-0.2, -0.15) is 0 Å². The highest BCUT2D eigenvalue weighted by Gasteiger charge is 2.32. The first-order valence-electron chi connectivity index (χ1n) is 13.1. The Morgan fingerprint density at radius 1 is 0.692 bits per heavy atom. The van der Waals surface area contributed by atoms with E-state index in [9.17, 15) is 8.42 Å². The molecule has 1 aliphatic heterocycles. The van der Waals surface area contributed by atoms with E-state index in [0.29, 0.717) is 5.70 Å². The van der Waals surface area contributed by atoms with Gasteiger partial charge in [0.05, 0.1) is 10.6 Å². The Hall–Kier alpha value is -4.41. The van der Waals surface area contributed by atoms with Gasteiger partial charge in [-0.3, -0.25) is 4.31 Å². The molecular formula is C35H29NO2S. The largest absolute Gasteiger partial charge is 0.265 e. The second-order valence-electron chi connectivity index (χ2n) is 9.91. The van der Waals surface area contributed by atoms with Gasteiger partial charge in [0.1, 0.15) is 0 Å². The lowest BCUT2D eigenvalue weighted by Gasteiger charge is -2.29. The molecule has 0 aromatic heterocycles. The highest BCUT2D eigenvalue weighted by Crippen LogP contribution is 2.39. The molecule has 0 aliphatic carbocycles. The summed E-state index contributed by atoms with van der Waals surface area (Å²) >= 11 is 0. The molecule has 0 saturated heterocycles. The van der Waals surface area contributed by atoms with Crippen LogP contribution < -0.4 is 0 Å². The summed E-state index contributed by atoms with van der Waals surface area (Å²) in [4.78, 5) is 0.286. The zero-order valence-electron chi connectivity index (χ0n) is 21.7. The minimum atomic E-state index is -3.88. The predicted octanol–water partition coefficient (Wildman–Crippen LogP) is 8.06. The Labute approximate surface area is 230 Å². The SMILES string of the molecule is Cc1ccc(S(=O)(=O)N2CC(c3ccccc3)C=C(c3ccccc3)C=C2c2cccc3ccccc23)cc1. The van der Waals surface area contributed by atoms with Crippen LogP contribution in [0, 0.1) is 6.92 Å². The van der Waals surface area contributed by atoms with Crippen molar-refractivity contribution in [3.8, 4) is 0 Å². The number of rotatable bonds is 5. The summed E-state index contributed by atoms with van der Waals surface area (Å²) in [6.07, 6.45) is 4.26. The van der Waals surface area contributed by atoms with Crippen molar-refractivity contribution in [1.82, 2.24) is 4.31 Å². The molecular weight excluding hydrogens is 498 g/mol. The minimum Gasteiger partial charge on any atom is -0.265 e. The molecule has 1 atom stereocenters. The topological polar surface area (TPSA) is 37.4 Å². The van der Waals surface area contributed by atoms with E-state index in [1.807, 2.05) is 85.8 Å². The number of hydrogen-bond donors (Lipinski definition) is 0. The fourth-order valence-electron chi connectivity index (χ4n) is 5.25. The molecule has 3 nitrogen and oxygen atoms in total. The lowest BCUT2D eigenvalue weighted by Crippen LogP contribution is -2.32. The molecule has 0 spiro atoms. The molecule has 0 bridgehead atoms. The maximum Gasteiger partial charge on any atom is 0.264 e. The average molecular weight is 528 g/mol. The fraction of sp³-hybridized carbons (Fsp3) is 0.0857. The van der Waals surface area contributed by atoms with E-state index in [1.165, 1.54) is 0 Å². The standard InChI is InChI=1S/C35H29NO2S/c1-26-19-21-32(22-20-26)39(37,38)36-25-31(28-13-6-3-7-14-28)23-30(27-11-4-2-5-12-27)24-35(36)34-18-10-16-29-15-8-9-17-33(29)34/h2-24,31H,25H2,1H3. The van der Waals surface area contributed by atoms with E-state index in [2.05, 4.69) is 48.5 Å². The van der Waals surface area contributed by atoms with Crippen LogP contribution in [0.15, 0.2) is 144 Å². The van der Waals surface area contributed by atoms with Gasteiger partial charge in [0.25, 0.3) is 10.0 Å². The smallest absolute Gasteiger partial charge is 0.264 e. The molecule has 1 aliphatic rings. The lowest BCUT2D eigenvalue weighted by molar-refractivity contribution is 0.499. The number of sulfonamides is 1. The van der Waals surface area contributed by atoms with Crippen molar-refractivity contribution in [3.05, 3.63) is 162 Å². The van der Waals surface area contributed by atoms with Gasteiger partial charge in [0, 0.05) is 18.0 Å². The third-order valence-electron chi connectivity index (χ3n) is 7.31. The number of hydrogen-bond acceptors (Lipinski definition) is 2. The van der Waals surface area contributed by atoms with Crippen LogP contribution in [-0.2, 0) is 10.0 Å². The molecule has 0 radical (unpaired) electrons. The summed E-state index contributed by atoms with van der Waals surface area (Å²) in [5.74, 6) is -0.148. The van der Waals surface area contributed by atoms with Gasteiger partial charge in [-0.05, 0) is 52.6 Å². The normalized spacial score (nSPS) is 15.9. The highest BCUT2D eigenvalue weighted by atomic mass is 32.2. The van der Waals surface area contributed by atoms with E-state index < -0.39 is 10.0 Å². The van der Waals surface area contributed by atoms with Crippen molar-refractivity contribution in [3.63, 3.8) is 0 Å². The van der Waals surface area contributed by atoms with Gasteiger partial charge in [-0.1, -0.05) is 127 Å². The fourth-order valence-corrected chi connectivity index (χ4v) is 6.75. The molecule has 1 heterocycles. The average Bonchev–Trinajstić information content (AvgIpc) is 3.19. The molecule has 0 N–H and O–H groups in total. The summed E-state index contributed by atoms with van der Waals surface area (Å²) < 4.78 is 30.5. The molecule has 4 heteroatoms. The van der Waals surface area contributed by atoms with E-state index in [4.69, 9.17) is 0 Å². The Kier molecular flexibility index (Phi) is 6.64. The molecule has 192 valence electrons. The van der Waals surface area contributed by atoms with E-state index >= 15 is 0 Å². The van der Waals surface area contributed by atoms with Crippen molar-refractivity contribution in [2.45, 2.75) is 17.7 Å². The first-order valence-corrected chi connectivity index (χ1v) is 14.6. The van der Waals surface area contributed by atoms with Gasteiger partial charge in [-0.15, -0.1) is 0 Å². The summed E-state index contributed by atoms with van der Waals surface area (Å²) in [5, 5.41) is 2.08. The molecule has 5 aromatic rings. The Morgan fingerprint density at radius 2 is 1.33 bits per heavy atom. The first kappa shape index (κ1) is 24.9. The molecule has 1 unspecified atom stereocenters. The molecule has 0 fully saturated rings. The van der Waals surface area contributed by atoms with Crippen molar-refractivity contribution in [1.29, 1.82) is 0 Å². The van der Waals surface area contributed by atoms with Crippen LogP contribution >= 0.6 is 0 Å².